The maximum atomic E-state index is 4.37. The highest BCUT2D eigenvalue weighted by molar-refractivity contribution is 5.99. The number of hydrogen-bond acceptors (Lipinski definition) is 1. The number of fused-ring (bicyclic) bond motifs is 1. The minimum absolute atomic E-state index is 1.05. The second-order valence-electron chi connectivity index (χ2n) is 3.51. The fourth-order valence-electron chi connectivity index (χ4n) is 1.84. The summed E-state index contributed by atoms with van der Waals surface area (Å²) >= 11 is 0. The van der Waals surface area contributed by atoms with Gasteiger partial charge in [0.2, 0.25) is 0 Å². The third-order valence-corrected chi connectivity index (χ3v) is 2.62. The first-order valence-corrected chi connectivity index (χ1v) is 4.90. The van der Waals surface area contributed by atoms with Crippen molar-refractivity contribution in [3.63, 3.8) is 0 Å². The van der Waals surface area contributed by atoms with E-state index in [0.717, 1.165) is 22.4 Å². The SMILES string of the molecule is C=C/C=C\C1=C(C)c2ncccc2C1=C. The molecule has 1 nitrogen and oxygen atoms in total. The van der Waals surface area contributed by atoms with Crippen molar-refractivity contribution in [1.82, 2.24) is 4.98 Å². The van der Waals surface area contributed by atoms with E-state index >= 15 is 0 Å². The van der Waals surface area contributed by atoms with Gasteiger partial charge < -0.3 is 0 Å². The van der Waals surface area contributed by atoms with Crippen LogP contribution in [-0.4, -0.2) is 4.98 Å². The number of hydrogen-bond donors (Lipinski definition) is 0. The van der Waals surface area contributed by atoms with E-state index in [-0.39, 0.29) is 0 Å². The molecule has 0 bridgehead atoms. The van der Waals surface area contributed by atoms with Gasteiger partial charge in [-0.05, 0) is 29.7 Å². The molecule has 0 unspecified atom stereocenters. The van der Waals surface area contributed by atoms with Crippen molar-refractivity contribution < 1.29 is 0 Å². The lowest BCUT2D eigenvalue weighted by Gasteiger charge is -1.98. The van der Waals surface area contributed by atoms with E-state index in [1.54, 1.807) is 6.08 Å². The Labute approximate surface area is 90.2 Å². The number of nitrogens with zero attached hydrogens (tertiary/aromatic N) is 1. The van der Waals surface area contributed by atoms with Gasteiger partial charge in [-0.3, -0.25) is 4.98 Å². The van der Waals surface area contributed by atoms with Crippen molar-refractivity contribution in [1.29, 1.82) is 0 Å². The van der Waals surface area contributed by atoms with E-state index in [9.17, 15) is 0 Å². The lowest BCUT2D eigenvalue weighted by Crippen LogP contribution is -1.84. The molecule has 0 amide bonds. The molecule has 1 aromatic heterocycles. The molecule has 1 heterocycles. The van der Waals surface area contributed by atoms with Gasteiger partial charge in [-0.1, -0.05) is 37.5 Å². The van der Waals surface area contributed by atoms with E-state index in [1.807, 2.05) is 24.4 Å². The van der Waals surface area contributed by atoms with Crippen LogP contribution in [0.4, 0.5) is 0 Å². The zero-order valence-corrected chi connectivity index (χ0v) is 8.83. The van der Waals surface area contributed by atoms with E-state index in [4.69, 9.17) is 0 Å². The van der Waals surface area contributed by atoms with Crippen LogP contribution in [-0.2, 0) is 0 Å². The number of aromatic nitrogens is 1. The van der Waals surface area contributed by atoms with Crippen molar-refractivity contribution in [2.45, 2.75) is 6.92 Å². The summed E-state index contributed by atoms with van der Waals surface area (Å²) < 4.78 is 0. The summed E-state index contributed by atoms with van der Waals surface area (Å²) in [6.45, 7) is 9.84. The Morgan fingerprint density at radius 1 is 1.40 bits per heavy atom. The summed E-state index contributed by atoms with van der Waals surface area (Å²) in [5.74, 6) is 0. The summed E-state index contributed by atoms with van der Waals surface area (Å²) in [6.07, 6.45) is 7.54. The summed E-state index contributed by atoms with van der Waals surface area (Å²) in [6, 6.07) is 4.00. The molecule has 0 spiro atoms. The van der Waals surface area contributed by atoms with Gasteiger partial charge in [0.1, 0.15) is 0 Å². The van der Waals surface area contributed by atoms with Crippen LogP contribution in [0.1, 0.15) is 18.2 Å². The van der Waals surface area contributed by atoms with Crippen LogP contribution in [0.25, 0.3) is 11.1 Å². The van der Waals surface area contributed by atoms with Crippen LogP contribution in [0.15, 0.2) is 55.3 Å². The van der Waals surface area contributed by atoms with Crippen LogP contribution >= 0.6 is 0 Å². The number of rotatable bonds is 2. The maximum Gasteiger partial charge on any atom is 0.0743 e. The van der Waals surface area contributed by atoms with Crippen molar-refractivity contribution >= 4 is 11.1 Å². The Hall–Kier alpha value is -1.89. The molecule has 0 saturated carbocycles. The Kier molecular flexibility index (Phi) is 2.38. The zero-order chi connectivity index (χ0) is 10.8. The third-order valence-electron chi connectivity index (χ3n) is 2.62. The molecule has 0 aliphatic heterocycles. The fraction of sp³-hybridized carbons (Fsp3) is 0.0714. The molecule has 1 aliphatic carbocycles. The second-order valence-corrected chi connectivity index (χ2v) is 3.51. The van der Waals surface area contributed by atoms with Crippen molar-refractivity contribution in [2.24, 2.45) is 0 Å². The van der Waals surface area contributed by atoms with Crippen molar-refractivity contribution in [3.05, 3.63) is 66.5 Å². The molecule has 0 aromatic carbocycles. The highest BCUT2D eigenvalue weighted by Crippen LogP contribution is 2.38. The van der Waals surface area contributed by atoms with Crippen LogP contribution in [0, 0.1) is 0 Å². The van der Waals surface area contributed by atoms with Gasteiger partial charge in [-0.25, -0.2) is 0 Å². The molecule has 0 fully saturated rings. The van der Waals surface area contributed by atoms with Crippen LogP contribution in [0.5, 0.6) is 0 Å². The Morgan fingerprint density at radius 2 is 2.20 bits per heavy atom. The molecule has 2 rings (SSSR count). The standard InChI is InChI=1S/C14H13N/c1-4-5-7-12-10(2)13-8-6-9-15-14(13)11(12)3/h4-9H,1-2H2,3H3/b7-5-. The molecular weight excluding hydrogens is 182 g/mol. The summed E-state index contributed by atoms with van der Waals surface area (Å²) in [4.78, 5) is 4.37. The number of allylic oxidation sites excluding steroid dienone is 6. The quantitative estimate of drug-likeness (QED) is 0.657. The monoisotopic (exact) mass is 195 g/mol. The fourth-order valence-corrected chi connectivity index (χ4v) is 1.84. The van der Waals surface area contributed by atoms with Gasteiger partial charge in [0.05, 0.1) is 5.69 Å². The highest BCUT2D eigenvalue weighted by atomic mass is 14.7. The largest absolute Gasteiger partial charge is 0.256 e. The van der Waals surface area contributed by atoms with E-state index in [1.165, 1.54) is 5.57 Å². The van der Waals surface area contributed by atoms with Crippen molar-refractivity contribution in [3.8, 4) is 0 Å². The van der Waals surface area contributed by atoms with Gasteiger partial charge in [-0.15, -0.1) is 0 Å². The molecular formula is C14H13N. The number of pyridine rings is 1. The summed E-state index contributed by atoms with van der Waals surface area (Å²) in [7, 11) is 0. The van der Waals surface area contributed by atoms with Crippen LogP contribution < -0.4 is 0 Å². The van der Waals surface area contributed by atoms with Gasteiger partial charge >= 0.3 is 0 Å². The first-order valence-electron chi connectivity index (χ1n) is 4.90. The molecule has 15 heavy (non-hydrogen) atoms. The summed E-state index contributed by atoms with van der Waals surface area (Å²) in [5.41, 5.74) is 5.58. The molecule has 74 valence electrons. The molecule has 1 heteroatoms. The Bertz CT molecular complexity index is 490. The normalized spacial score (nSPS) is 14.9. The van der Waals surface area contributed by atoms with E-state index in [0.29, 0.717) is 0 Å². The molecule has 0 radical (unpaired) electrons. The minimum Gasteiger partial charge on any atom is -0.256 e. The second kappa shape index (κ2) is 3.70. The predicted molar refractivity (Wildman–Crippen MR) is 65.2 cm³/mol. The lowest BCUT2D eigenvalue weighted by molar-refractivity contribution is 1.27. The van der Waals surface area contributed by atoms with Crippen LogP contribution in [0.3, 0.4) is 0 Å². The lowest BCUT2D eigenvalue weighted by atomic mass is 10.1. The highest BCUT2D eigenvalue weighted by Gasteiger charge is 2.20. The smallest absolute Gasteiger partial charge is 0.0743 e. The average molecular weight is 195 g/mol. The molecule has 0 saturated heterocycles. The maximum absolute atomic E-state index is 4.37. The van der Waals surface area contributed by atoms with E-state index < -0.39 is 0 Å². The first kappa shape index (κ1) is 9.66. The van der Waals surface area contributed by atoms with E-state index in [2.05, 4.69) is 31.1 Å². The van der Waals surface area contributed by atoms with Crippen LogP contribution in [0.2, 0.25) is 0 Å². The van der Waals surface area contributed by atoms with Gasteiger partial charge in [0.15, 0.2) is 0 Å². The Morgan fingerprint density at radius 3 is 2.87 bits per heavy atom. The van der Waals surface area contributed by atoms with Gasteiger partial charge in [0.25, 0.3) is 0 Å². The zero-order valence-electron chi connectivity index (χ0n) is 8.83. The van der Waals surface area contributed by atoms with Gasteiger partial charge in [0, 0.05) is 11.8 Å². The minimum atomic E-state index is 1.05. The third kappa shape index (κ3) is 1.46. The molecule has 0 atom stereocenters. The summed E-state index contributed by atoms with van der Waals surface area (Å²) in [5, 5.41) is 0. The predicted octanol–water partition coefficient (Wildman–Crippen LogP) is 3.62. The Balaban J connectivity index is 2.54. The van der Waals surface area contributed by atoms with Gasteiger partial charge in [-0.2, -0.15) is 0 Å². The topological polar surface area (TPSA) is 12.9 Å². The van der Waals surface area contributed by atoms with Crippen molar-refractivity contribution in [2.75, 3.05) is 0 Å². The molecule has 1 aliphatic rings. The average Bonchev–Trinajstić information content (AvgIpc) is 2.51. The first-order chi connectivity index (χ1) is 7.25. The molecule has 0 N–H and O–H groups in total. The molecule has 1 aromatic rings.